The van der Waals surface area contributed by atoms with Crippen LogP contribution in [-0.4, -0.2) is 29.4 Å². The second-order valence-corrected chi connectivity index (χ2v) is 7.80. The van der Waals surface area contributed by atoms with Gasteiger partial charge in [0.15, 0.2) is 5.82 Å². The molecule has 0 amide bonds. The van der Waals surface area contributed by atoms with E-state index in [1.54, 1.807) is 24.4 Å². The third kappa shape index (κ3) is 2.38. The molecule has 20 heavy (non-hydrogen) atoms. The van der Waals surface area contributed by atoms with Gasteiger partial charge in [-0.2, -0.15) is 9.29 Å². The highest BCUT2D eigenvalue weighted by Crippen LogP contribution is 2.35. The van der Waals surface area contributed by atoms with Crippen molar-refractivity contribution in [1.29, 1.82) is 0 Å². The van der Waals surface area contributed by atoms with Crippen molar-refractivity contribution in [2.75, 3.05) is 6.54 Å². The second-order valence-electron chi connectivity index (χ2n) is 4.74. The van der Waals surface area contributed by atoms with Crippen LogP contribution in [0.1, 0.15) is 37.0 Å². The predicted molar refractivity (Wildman–Crippen MR) is 73.8 cm³/mol. The summed E-state index contributed by atoms with van der Waals surface area (Å²) >= 11 is 1.23. The standard InChI is InChI=1S/C12H15N3O3S2/c1-9-13-12(18-14-9)10-5-2-3-7-15(10)20(16,17)11-6-4-8-19-11/h4,6,8,10H,2-3,5,7H2,1H3/t10-/m1/s1. The summed E-state index contributed by atoms with van der Waals surface area (Å²) in [7, 11) is -3.48. The number of thiophene rings is 1. The average molecular weight is 313 g/mol. The Kier molecular flexibility index (Phi) is 3.61. The summed E-state index contributed by atoms with van der Waals surface area (Å²) in [5.74, 6) is 0.918. The van der Waals surface area contributed by atoms with Crippen LogP contribution in [0.2, 0.25) is 0 Å². The normalized spacial score (nSPS) is 21.1. The first-order valence-electron chi connectivity index (χ1n) is 6.44. The summed E-state index contributed by atoms with van der Waals surface area (Å²) in [6, 6.07) is 3.02. The van der Waals surface area contributed by atoms with Crippen LogP contribution in [0.25, 0.3) is 0 Å². The van der Waals surface area contributed by atoms with E-state index < -0.39 is 10.0 Å². The van der Waals surface area contributed by atoms with Gasteiger partial charge in [-0.15, -0.1) is 11.3 Å². The number of hydrogen-bond donors (Lipinski definition) is 0. The first kappa shape index (κ1) is 13.7. The lowest BCUT2D eigenvalue weighted by Gasteiger charge is -2.31. The maximum Gasteiger partial charge on any atom is 0.253 e. The molecule has 8 heteroatoms. The highest BCUT2D eigenvalue weighted by Gasteiger charge is 2.37. The lowest BCUT2D eigenvalue weighted by atomic mass is 10.1. The van der Waals surface area contributed by atoms with Crippen molar-refractivity contribution in [3.05, 3.63) is 29.2 Å². The molecule has 6 nitrogen and oxygen atoms in total. The zero-order valence-corrected chi connectivity index (χ0v) is 12.7. The lowest BCUT2D eigenvalue weighted by Crippen LogP contribution is -2.38. The van der Waals surface area contributed by atoms with Crippen molar-refractivity contribution in [3.8, 4) is 0 Å². The summed E-state index contributed by atoms with van der Waals surface area (Å²) in [5, 5.41) is 5.53. The molecular formula is C12H15N3O3S2. The molecule has 108 valence electrons. The first-order chi connectivity index (χ1) is 9.59. The van der Waals surface area contributed by atoms with E-state index in [-0.39, 0.29) is 6.04 Å². The van der Waals surface area contributed by atoms with E-state index >= 15 is 0 Å². The Balaban J connectivity index is 1.97. The smallest absolute Gasteiger partial charge is 0.253 e. The minimum absolute atomic E-state index is 0.350. The summed E-state index contributed by atoms with van der Waals surface area (Å²) in [5.41, 5.74) is 0. The molecule has 0 saturated carbocycles. The van der Waals surface area contributed by atoms with Crippen molar-refractivity contribution in [1.82, 2.24) is 14.4 Å². The van der Waals surface area contributed by atoms with Crippen LogP contribution >= 0.6 is 11.3 Å². The highest BCUT2D eigenvalue weighted by molar-refractivity contribution is 7.91. The van der Waals surface area contributed by atoms with Crippen molar-refractivity contribution in [2.24, 2.45) is 0 Å². The van der Waals surface area contributed by atoms with Crippen LogP contribution in [0.5, 0.6) is 0 Å². The van der Waals surface area contributed by atoms with Crippen LogP contribution < -0.4 is 0 Å². The molecule has 3 rings (SSSR count). The summed E-state index contributed by atoms with van der Waals surface area (Å²) < 4.78 is 32.4. The van der Waals surface area contributed by atoms with Crippen molar-refractivity contribution in [2.45, 2.75) is 36.4 Å². The fourth-order valence-electron chi connectivity index (χ4n) is 2.41. The molecule has 1 fully saturated rings. The SMILES string of the molecule is Cc1noc([C@H]2CCCCN2S(=O)(=O)c2cccs2)n1. The van der Waals surface area contributed by atoms with Crippen molar-refractivity contribution < 1.29 is 12.9 Å². The fraction of sp³-hybridized carbons (Fsp3) is 0.500. The molecule has 1 atom stereocenters. The molecule has 0 radical (unpaired) electrons. The fourth-order valence-corrected chi connectivity index (χ4v) is 5.18. The summed E-state index contributed by atoms with van der Waals surface area (Å²) in [4.78, 5) is 4.20. The number of aryl methyl sites for hydroxylation is 1. The molecule has 1 saturated heterocycles. The molecule has 0 aromatic carbocycles. The monoisotopic (exact) mass is 313 g/mol. The van der Waals surface area contributed by atoms with Crippen LogP contribution in [0.15, 0.2) is 26.2 Å². The Bertz CT molecular complexity index is 679. The maximum absolute atomic E-state index is 12.7. The number of rotatable bonds is 3. The van der Waals surface area contributed by atoms with Crippen LogP contribution in [0.3, 0.4) is 0 Å². The van der Waals surface area contributed by atoms with Gasteiger partial charge < -0.3 is 4.52 Å². The van der Waals surface area contributed by atoms with Gasteiger partial charge in [0.25, 0.3) is 10.0 Å². The Hall–Kier alpha value is -1.25. The largest absolute Gasteiger partial charge is 0.338 e. The van der Waals surface area contributed by atoms with E-state index in [1.807, 2.05) is 0 Å². The predicted octanol–water partition coefficient (Wildman–Crippen LogP) is 2.36. The minimum Gasteiger partial charge on any atom is -0.338 e. The Morgan fingerprint density at radius 3 is 2.95 bits per heavy atom. The zero-order valence-electron chi connectivity index (χ0n) is 11.0. The molecule has 0 N–H and O–H groups in total. The van der Waals surface area contributed by atoms with Gasteiger partial charge in [0.05, 0.1) is 0 Å². The quantitative estimate of drug-likeness (QED) is 0.869. The van der Waals surface area contributed by atoms with Gasteiger partial charge in [-0.25, -0.2) is 8.42 Å². The number of sulfonamides is 1. The van der Waals surface area contributed by atoms with Gasteiger partial charge >= 0.3 is 0 Å². The molecule has 2 aromatic rings. The summed E-state index contributed by atoms with van der Waals surface area (Å²) in [6.07, 6.45) is 2.53. The molecule has 0 aliphatic carbocycles. The lowest BCUT2D eigenvalue weighted by molar-refractivity contribution is 0.205. The molecule has 2 aromatic heterocycles. The third-order valence-electron chi connectivity index (χ3n) is 3.34. The van der Waals surface area contributed by atoms with Crippen LogP contribution in [0.4, 0.5) is 0 Å². The average Bonchev–Trinajstić information content (AvgIpc) is 3.10. The Labute approximate surface area is 121 Å². The Morgan fingerprint density at radius 1 is 1.45 bits per heavy atom. The van der Waals surface area contributed by atoms with Gasteiger partial charge in [0.2, 0.25) is 5.89 Å². The molecule has 1 aliphatic rings. The van der Waals surface area contributed by atoms with E-state index in [0.717, 1.165) is 12.8 Å². The van der Waals surface area contributed by atoms with Gasteiger partial charge in [0, 0.05) is 6.54 Å². The Morgan fingerprint density at radius 2 is 2.30 bits per heavy atom. The van der Waals surface area contributed by atoms with E-state index in [1.165, 1.54) is 15.6 Å². The molecular weight excluding hydrogens is 298 g/mol. The molecule has 0 spiro atoms. The summed E-state index contributed by atoms with van der Waals surface area (Å²) in [6.45, 7) is 2.22. The number of hydrogen-bond acceptors (Lipinski definition) is 6. The number of nitrogens with zero attached hydrogens (tertiary/aromatic N) is 3. The van der Waals surface area contributed by atoms with Gasteiger partial charge in [-0.3, -0.25) is 0 Å². The minimum atomic E-state index is -3.48. The van der Waals surface area contributed by atoms with Crippen LogP contribution in [-0.2, 0) is 10.0 Å². The van der Waals surface area contributed by atoms with E-state index in [2.05, 4.69) is 10.1 Å². The van der Waals surface area contributed by atoms with Crippen molar-refractivity contribution >= 4 is 21.4 Å². The third-order valence-corrected chi connectivity index (χ3v) is 6.62. The molecule has 0 bridgehead atoms. The van der Waals surface area contributed by atoms with Crippen LogP contribution in [0, 0.1) is 6.92 Å². The number of aromatic nitrogens is 2. The van der Waals surface area contributed by atoms with Gasteiger partial charge in [-0.05, 0) is 31.2 Å². The van der Waals surface area contributed by atoms with E-state index in [4.69, 9.17) is 4.52 Å². The van der Waals surface area contributed by atoms with Crippen molar-refractivity contribution in [3.63, 3.8) is 0 Å². The highest BCUT2D eigenvalue weighted by atomic mass is 32.2. The first-order valence-corrected chi connectivity index (χ1v) is 8.76. The van der Waals surface area contributed by atoms with E-state index in [0.29, 0.717) is 28.9 Å². The zero-order chi connectivity index (χ0) is 14.2. The second kappa shape index (κ2) is 5.27. The van der Waals surface area contributed by atoms with E-state index in [9.17, 15) is 8.42 Å². The van der Waals surface area contributed by atoms with Gasteiger partial charge in [0.1, 0.15) is 10.3 Å². The topological polar surface area (TPSA) is 76.3 Å². The van der Waals surface area contributed by atoms with Gasteiger partial charge in [-0.1, -0.05) is 17.6 Å². The molecule has 0 unspecified atom stereocenters. The molecule has 3 heterocycles. The maximum atomic E-state index is 12.7. The number of piperidine rings is 1. The molecule has 1 aliphatic heterocycles.